The van der Waals surface area contributed by atoms with Crippen LogP contribution in [-0.2, 0) is 0 Å². The lowest BCUT2D eigenvalue weighted by atomic mass is 9.88. The van der Waals surface area contributed by atoms with E-state index in [9.17, 15) is 0 Å². The molecule has 0 heterocycles. The summed E-state index contributed by atoms with van der Waals surface area (Å²) in [6, 6.07) is 28.0. The van der Waals surface area contributed by atoms with Crippen LogP contribution >= 0.6 is 15.9 Å². The second kappa shape index (κ2) is 7.46. The monoisotopic (exact) mass is 550 g/mol. The van der Waals surface area contributed by atoms with Crippen molar-refractivity contribution in [3.8, 4) is 11.1 Å². The molecule has 0 N–H and O–H groups in total. The summed E-state index contributed by atoms with van der Waals surface area (Å²) in [5.74, 6) is 0. The van der Waals surface area contributed by atoms with Gasteiger partial charge in [0.2, 0.25) is 0 Å². The fourth-order valence-corrected chi connectivity index (χ4v) is 7.96. The Morgan fingerprint density at radius 2 is 1.00 bits per heavy atom. The normalized spacial score (nSPS) is 12.5. The van der Waals surface area contributed by atoms with Crippen molar-refractivity contribution >= 4 is 80.6 Å². The Morgan fingerprint density at radius 3 is 1.76 bits per heavy atom. The maximum Gasteiger partial charge on any atom is 0.0254 e. The van der Waals surface area contributed by atoms with Gasteiger partial charge in [0.15, 0.2) is 0 Å². The number of rotatable bonds is 1. The first-order valence-corrected chi connectivity index (χ1v) is 14.2. The highest BCUT2D eigenvalue weighted by Crippen LogP contribution is 2.54. The van der Waals surface area contributed by atoms with Gasteiger partial charge in [-0.25, -0.2) is 0 Å². The molecule has 1 heteroatoms. The summed E-state index contributed by atoms with van der Waals surface area (Å²) in [7, 11) is 0. The lowest BCUT2D eigenvalue weighted by Gasteiger charge is -2.15. The molecule has 182 valence electrons. The molecule has 0 bridgehead atoms. The summed E-state index contributed by atoms with van der Waals surface area (Å²) in [4.78, 5) is 0. The number of hydrogen-bond acceptors (Lipinski definition) is 0. The van der Waals surface area contributed by atoms with Crippen molar-refractivity contribution in [2.45, 2.75) is 34.6 Å². The van der Waals surface area contributed by atoms with Gasteiger partial charge in [0, 0.05) is 4.47 Å². The van der Waals surface area contributed by atoms with E-state index in [1.165, 1.54) is 104 Å². The Morgan fingerprint density at radius 1 is 0.421 bits per heavy atom. The number of fused-ring (bicyclic) bond motifs is 7. The van der Waals surface area contributed by atoms with Crippen LogP contribution in [0.5, 0.6) is 0 Å². The molecule has 8 aromatic carbocycles. The van der Waals surface area contributed by atoms with Gasteiger partial charge in [0.25, 0.3) is 0 Å². The third-order valence-corrected chi connectivity index (χ3v) is 9.30. The Kier molecular flexibility index (Phi) is 4.38. The van der Waals surface area contributed by atoms with Gasteiger partial charge < -0.3 is 0 Å². The lowest BCUT2D eigenvalue weighted by Crippen LogP contribution is -1.88. The van der Waals surface area contributed by atoms with Crippen molar-refractivity contribution in [3.05, 3.63) is 105 Å². The molecule has 0 nitrogen and oxygen atoms in total. The molecule has 8 aromatic rings. The summed E-state index contributed by atoms with van der Waals surface area (Å²) in [5.41, 5.74) is 9.30. The minimum atomic E-state index is 1.16. The molecule has 0 fully saturated rings. The minimum absolute atomic E-state index is 1.16. The summed E-state index contributed by atoms with van der Waals surface area (Å²) in [5, 5.41) is 16.5. The Hall–Kier alpha value is -3.68. The molecular formula is C37H27Br. The summed E-state index contributed by atoms with van der Waals surface area (Å²) >= 11 is 3.86. The SMILES string of the molecule is Cc1cc(C)cc(-c2c3cc(C)cc4c5c(C)cc(C)cc5c(c34)c3c4ccc(Br)c5cccc(c23)c54)c1. The van der Waals surface area contributed by atoms with Crippen LogP contribution in [0.2, 0.25) is 0 Å². The molecule has 0 aliphatic carbocycles. The number of benzene rings is 6. The molecule has 0 saturated carbocycles. The van der Waals surface area contributed by atoms with Crippen molar-refractivity contribution in [1.29, 1.82) is 0 Å². The lowest BCUT2D eigenvalue weighted by molar-refractivity contribution is 1.39. The standard InChI is InChI=1S/C37H27Br/c1-18-11-19(2)14-23(13-18)32-29-17-21(4)16-27-31-22(5)12-20(3)15-28(31)37(34(27)29)36-26-9-10-30(38)24-7-6-8-25(33(24)26)35(32)36/h6-17H,1-5H3. The van der Waals surface area contributed by atoms with Crippen molar-refractivity contribution < 1.29 is 0 Å². The average Bonchev–Trinajstić information content (AvgIpc) is 3.35. The predicted octanol–water partition coefficient (Wildman–Crippen LogP) is 11.5. The first kappa shape index (κ1) is 22.3. The smallest absolute Gasteiger partial charge is 0.0254 e. The van der Waals surface area contributed by atoms with E-state index in [4.69, 9.17) is 0 Å². The number of halogens is 1. The van der Waals surface area contributed by atoms with Gasteiger partial charge in [-0.15, -0.1) is 0 Å². The van der Waals surface area contributed by atoms with Gasteiger partial charge in [-0.1, -0.05) is 99.4 Å². The van der Waals surface area contributed by atoms with Crippen molar-refractivity contribution in [1.82, 2.24) is 0 Å². The highest BCUT2D eigenvalue weighted by Gasteiger charge is 2.26. The van der Waals surface area contributed by atoms with Crippen molar-refractivity contribution in [3.63, 3.8) is 0 Å². The third-order valence-electron chi connectivity index (χ3n) is 8.61. The van der Waals surface area contributed by atoms with Crippen LogP contribution in [0.25, 0.3) is 75.8 Å². The molecule has 0 radical (unpaired) electrons. The fraction of sp³-hybridized carbons (Fsp3) is 0.135. The van der Waals surface area contributed by atoms with Gasteiger partial charge in [-0.2, -0.15) is 0 Å². The van der Waals surface area contributed by atoms with Gasteiger partial charge in [0.05, 0.1) is 0 Å². The number of hydrogen-bond donors (Lipinski definition) is 0. The Bertz CT molecular complexity index is 2260. The molecule has 0 unspecified atom stereocenters. The molecule has 0 aliphatic rings. The van der Waals surface area contributed by atoms with E-state index < -0.39 is 0 Å². The molecule has 0 aliphatic heterocycles. The van der Waals surface area contributed by atoms with Crippen LogP contribution in [0.4, 0.5) is 0 Å². The fourth-order valence-electron chi connectivity index (χ4n) is 7.50. The van der Waals surface area contributed by atoms with Gasteiger partial charge in [-0.05, 0) is 128 Å². The molecule has 0 spiro atoms. The van der Waals surface area contributed by atoms with E-state index in [-0.39, 0.29) is 0 Å². The largest absolute Gasteiger partial charge is 0.0610 e. The maximum atomic E-state index is 3.86. The van der Waals surface area contributed by atoms with Crippen LogP contribution in [-0.4, -0.2) is 0 Å². The second-order valence-electron chi connectivity index (χ2n) is 11.4. The Balaban J connectivity index is 1.82. The van der Waals surface area contributed by atoms with Crippen LogP contribution in [0.3, 0.4) is 0 Å². The molecular weight excluding hydrogens is 524 g/mol. The highest BCUT2D eigenvalue weighted by atomic mass is 79.9. The highest BCUT2D eigenvalue weighted by molar-refractivity contribution is 9.10. The number of aryl methyl sites for hydroxylation is 5. The molecule has 0 atom stereocenters. The predicted molar refractivity (Wildman–Crippen MR) is 171 cm³/mol. The summed E-state index contributed by atoms with van der Waals surface area (Å²) in [6.07, 6.45) is 0. The van der Waals surface area contributed by atoms with Gasteiger partial charge >= 0.3 is 0 Å². The second-order valence-corrected chi connectivity index (χ2v) is 12.3. The topological polar surface area (TPSA) is 0 Å². The third kappa shape index (κ3) is 2.75. The van der Waals surface area contributed by atoms with E-state index in [1.807, 2.05) is 0 Å². The van der Waals surface area contributed by atoms with Gasteiger partial charge in [0.1, 0.15) is 0 Å². The molecule has 0 amide bonds. The first-order chi connectivity index (χ1) is 18.3. The summed E-state index contributed by atoms with van der Waals surface area (Å²) < 4.78 is 1.16. The minimum Gasteiger partial charge on any atom is -0.0610 e. The zero-order chi connectivity index (χ0) is 26.0. The molecule has 0 saturated heterocycles. The van der Waals surface area contributed by atoms with E-state index in [2.05, 4.69) is 123 Å². The maximum absolute atomic E-state index is 3.86. The van der Waals surface area contributed by atoms with Crippen LogP contribution in [0, 0.1) is 34.6 Å². The first-order valence-electron chi connectivity index (χ1n) is 13.4. The van der Waals surface area contributed by atoms with E-state index in [0.29, 0.717) is 0 Å². The van der Waals surface area contributed by atoms with Crippen molar-refractivity contribution in [2.75, 3.05) is 0 Å². The quantitative estimate of drug-likeness (QED) is 0.190. The molecule has 0 aromatic heterocycles. The average molecular weight is 552 g/mol. The molecule has 8 rings (SSSR count). The van der Waals surface area contributed by atoms with Crippen LogP contribution in [0.1, 0.15) is 27.8 Å². The Labute approximate surface area is 230 Å². The summed E-state index contributed by atoms with van der Waals surface area (Å²) in [6.45, 7) is 11.2. The van der Waals surface area contributed by atoms with E-state index in [0.717, 1.165) is 4.47 Å². The van der Waals surface area contributed by atoms with Crippen LogP contribution in [0.15, 0.2) is 77.3 Å². The van der Waals surface area contributed by atoms with Crippen molar-refractivity contribution in [2.24, 2.45) is 0 Å². The molecule has 38 heavy (non-hydrogen) atoms. The zero-order valence-corrected chi connectivity index (χ0v) is 23.9. The van der Waals surface area contributed by atoms with E-state index in [1.54, 1.807) is 0 Å². The van der Waals surface area contributed by atoms with Gasteiger partial charge in [-0.3, -0.25) is 0 Å². The zero-order valence-electron chi connectivity index (χ0n) is 22.3. The van der Waals surface area contributed by atoms with E-state index >= 15 is 0 Å². The van der Waals surface area contributed by atoms with Crippen LogP contribution < -0.4 is 0 Å².